The Bertz CT molecular complexity index is 724. The molecule has 0 aliphatic carbocycles. The molecule has 1 aromatic carbocycles. The number of halogens is 1. The molecule has 0 aliphatic rings. The molecule has 19 heavy (non-hydrogen) atoms. The topological polar surface area (TPSA) is 52.5 Å². The Morgan fingerprint density at radius 2 is 2.11 bits per heavy atom. The first-order chi connectivity index (χ1) is 9.28. The van der Waals surface area contributed by atoms with Crippen molar-refractivity contribution in [3.8, 4) is 11.6 Å². The lowest BCUT2D eigenvalue weighted by Gasteiger charge is -2.04. The Hall–Kier alpha value is -2.40. The average molecular weight is 257 g/mol. The van der Waals surface area contributed by atoms with Crippen LogP contribution in [0.25, 0.3) is 5.65 Å². The number of fused-ring (bicyclic) bond motifs is 1. The maximum atomic E-state index is 13.1. The number of benzene rings is 1. The van der Waals surface area contributed by atoms with Crippen LogP contribution in [-0.4, -0.2) is 9.38 Å². The lowest BCUT2D eigenvalue weighted by molar-refractivity contribution is 0.454. The van der Waals surface area contributed by atoms with Crippen molar-refractivity contribution in [3.05, 3.63) is 60.2 Å². The lowest BCUT2D eigenvalue weighted by Crippen LogP contribution is -2.02. The van der Waals surface area contributed by atoms with Crippen LogP contribution in [-0.2, 0) is 6.54 Å². The first-order valence-corrected chi connectivity index (χ1v) is 5.87. The smallest absolute Gasteiger partial charge is 0.242 e. The van der Waals surface area contributed by atoms with Crippen LogP contribution in [0.5, 0.6) is 11.6 Å². The summed E-state index contributed by atoms with van der Waals surface area (Å²) in [7, 11) is 0. The highest BCUT2D eigenvalue weighted by Crippen LogP contribution is 2.25. The number of ether oxygens (including phenoxy) is 1. The molecule has 3 rings (SSSR count). The molecule has 96 valence electrons. The third-order valence-corrected chi connectivity index (χ3v) is 2.80. The zero-order valence-electron chi connectivity index (χ0n) is 10.1. The van der Waals surface area contributed by atoms with Gasteiger partial charge in [-0.25, -0.2) is 4.39 Å². The summed E-state index contributed by atoms with van der Waals surface area (Å²) in [6.45, 7) is 0.288. The van der Waals surface area contributed by atoms with Gasteiger partial charge < -0.3 is 10.5 Å². The molecule has 2 N–H and O–H groups in total. The summed E-state index contributed by atoms with van der Waals surface area (Å²) in [6, 6.07) is 11.6. The fourth-order valence-electron chi connectivity index (χ4n) is 1.93. The normalized spacial score (nSPS) is 10.8. The van der Waals surface area contributed by atoms with Crippen molar-refractivity contribution in [2.75, 3.05) is 0 Å². The van der Waals surface area contributed by atoms with E-state index in [2.05, 4.69) is 4.98 Å². The Balaban J connectivity index is 2.05. The number of hydrogen-bond donors (Lipinski definition) is 1. The number of hydrogen-bond acceptors (Lipinski definition) is 3. The Labute approximate surface area is 109 Å². The summed E-state index contributed by atoms with van der Waals surface area (Å²) >= 11 is 0. The van der Waals surface area contributed by atoms with E-state index in [1.165, 1.54) is 12.1 Å². The van der Waals surface area contributed by atoms with Crippen molar-refractivity contribution in [2.24, 2.45) is 5.73 Å². The van der Waals surface area contributed by atoms with E-state index in [1.54, 1.807) is 12.1 Å². The molecule has 0 bridgehead atoms. The van der Waals surface area contributed by atoms with Crippen molar-refractivity contribution in [1.82, 2.24) is 9.38 Å². The van der Waals surface area contributed by atoms with Gasteiger partial charge >= 0.3 is 0 Å². The number of rotatable bonds is 3. The van der Waals surface area contributed by atoms with Gasteiger partial charge in [0, 0.05) is 18.8 Å². The largest absolute Gasteiger partial charge is 0.437 e. The Morgan fingerprint density at radius 3 is 2.89 bits per heavy atom. The van der Waals surface area contributed by atoms with Gasteiger partial charge in [0.1, 0.15) is 22.9 Å². The van der Waals surface area contributed by atoms with Gasteiger partial charge in [-0.05, 0) is 24.3 Å². The lowest BCUT2D eigenvalue weighted by atomic mass is 10.3. The Kier molecular flexibility index (Phi) is 2.89. The molecule has 2 heterocycles. The van der Waals surface area contributed by atoms with Crippen molar-refractivity contribution in [2.45, 2.75) is 6.54 Å². The quantitative estimate of drug-likeness (QED) is 0.785. The maximum absolute atomic E-state index is 13.1. The standard InChI is InChI=1S/C14H12FN3O/c15-10-4-3-5-11(8-10)19-14-12(9-16)18-7-2-1-6-13(18)17-14/h1-8H,9,16H2. The maximum Gasteiger partial charge on any atom is 0.242 e. The van der Waals surface area contributed by atoms with Crippen LogP contribution < -0.4 is 10.5 Å². The van der Waals surface area contributed by atoms with Gasteiger partial charge in [-0.1, -0.05) is 12.1 Å². The minimum absolute atomic E-state index is 0.288. The van der Waals surface area contributed by atoms with Crippen LogP contribution in [0.15, 0.2) is 48.7 Å². The number of pyridine rings is 1. The summed E-state index contributed by atoms with van der Waals surface area (Å²) in [4.78, 5) is 4.35. The zero-order chi connectivity index (χ0) is 13.2. The molecule has 2 aromatic heterocycles. The van der Waals surface area contributed by atoms with Crippen LogP contribution in [0, 0.1) is 5.82 Å². The van der Waals surface area contributed by atoms with E-state index in [0.29, 0.717) is 11.6 Å². The van der Waals surface area contributed by atoms with Crippen LogP contribution in [0.1, 0.15) is 5.69 Å². The highest BCUT2D eigenvalue weighted by Gasteiger charge is 2.12. The van der Waals surface area contributed by atoms with Crippen LogP contribution >= 0.6 is 0 Å². The number of aromatic nitrogens is 2. The van der Waals surface area contributed by atoms with E-state index in [9.17, 15) is 4.39 Å². The molecule has 3 aromatic rings. The number of nitrogens with zero attached hydrogens (tertiary/aromatic N) is 2. The molecule has 0 unspecified atom stereocenters. The predicted molar refractivity (Wildman–Crippen MR) is 69.6 cm³/mol. The van der Waals surface area contributed by atoms with E-state index in [0.717, 1.165) is 11.3 Å². The highest BCUT2D eigenvalue weighted by atomic mass is 19.1. The Morgan fingerprint density at radius 1 is 1.21 bits per heavy atom. The van der Waals surface area contributed by atoms with Crippen molar-refractivity contribution in [3.63, 3.8) is 0 Å². The predicted octanol–water partition coefficient (Wildman–Crippen LogP) is 2.72. The highest BCUT2D eigenvalue weighted by molar-refractivity contribution is 5.46. The van der Waals surface area contributed by atoms with Gasteiger partial charge in [0.05, 0.1) is 0 Å². The van der Waals surface area contributed by atoms with E-state index < -0.39 is 0 Å². The third-order valence-electron chi connectivity index (χ3n) is 2.80. The van der Waals surface area contributed by atoms with Gasteiger partial charge in [-0.3, -0.25) is 4.40 Å². The molecule has 0 saturated heterocycles. The second kappa shape index (κ2) is 4.70. The van der Waals surface area contributed by atoms with Gasteiger partial charge in [0.2, 0.25) is 5.88 Å². The monoisotopic (exact) mass is 257 g/mol. The van der Waals surface area contributed by atoms with Gasteiger partial charge in [-0.15, -0.1) is 0 Å². The molecule has 0 fully saturated rings. The molecule has 4 nitrogen and oxygen atoms in total. The van der Waals surface area contributed by atoms with E-state index in [4.69, 9.17) is 10.5 Å². The molecular weight excluding hydrogens is 245 g/mol. The molecule has 0 atom stereocenters. The summed E-state index contributed by atoms with van der Waals surface area (Å²) in [6.07, 6.45) is 1.86. The molecule has 5 heteroatoms. The minimum Gasteiger partial charge on any atom is -0.437 e. The van der Waals surface area contributed by atoms with Crippen LogP contribution in [0.2, 0.25) is 0 Å². The van der Waals surface area contributed by atoms with Crippen LogP contribution in [0.3, 0.4) is 0 Å². The van der Waals surface area contributed by atoms with Crippen LogP contribution in [0.4, 0.5) is 4.39 Å². The van der Waals surface area contributed by atoms with Crippen molar-refractivity contribution < 1.29 is 9.13 Å². The van der Waals surface area contributed by atoms with E-state index in [1.807, 2.05) is 28.8 Å². The molecule has 0 amide bonds. The fraction of sp³-hybridized carbons (Fsp3) is 0.0714. The molecule has 0 radical (unpaired) electrons. The van der Waals surface area contributed by atoms with Gasteiger partial charge in [-0.2, -0.15) is 4.98 Å². The second-order valence-electron chi connectivity index (χ2n) is 4.06. The summed E-state index contributed by atoms with van der Waals surface area (Å²) in [5, 5.41) is 0. The molecular formula is C14H12FN3O. The first-order valence-electron chi connectivity index (χ1n) is 5.87. The van der Waals surface area contributed by atoms with Crippen molar-refractivity contribution >= 4 is 5.65 Å². The minimum atomic E-state index is -0.351. The molecule has 0 aliphatic heterocycles. The average Bonchev–Trinajstić information content (AvgIpc) is 2.75. The van der Waals surface area contributed by atoms with Crippen molar-refractivity contribution in [1.29, 1.82) is 0 Å². The van der Waals surface area contributed by atoms with E-state index >= 15 is 0 Å². The molecule has 0 spiro atoms. The SMILES string of the molecule is NCc1c(Oc2cccc(F)c2)nc2ccccn12. The summed E-state index contributed by atoms with van der Waals surface area (Å²) in [5.74, 6) is 0.452. The first kappa shape index (κ1) is 11.7. The zero-order valence-corrected chi connectivity index (χ0v) is 10.1. The fourth-order valence-corrected chi connectivity index (χ4v) is 1.93. The number of imidazole rings is 1. The second-order valence-corrected chi connectivity index (χ2v) is 4.06. The van der Waals surface area contributed by atoms with Gasteiger partial charge in [0.15, 0.2) is 0 Å². The third kappa shape index (κ3) is 2.15. The van der Waals surface area contributed by atoms with Gasteiger partial charge in [0.25, 0.3) is 0 Å². The van der Waals surface area contributed by atoms with E-state index in [-0.39, 0.29) is 12.4 Å². The summed E-state index contributed by atoms with van der Waals surface area (Å²) in [5.41, 5.74) is 7.22. The number of nitrogens with two attached hydrogens (primary N) is 1. The summed E-state index contributed by atoms with van der Waals surface area (Å²) < 4.78 is 20.6. The molecule has 0 saturated carbocycles.